The number of anilines is 2. The minimum Gasteiger partial charge on any atom is -0.497 e. The standard InChI is InChI=1S/C30H24ClN3O6S2/c1-39-19-13-11-18(12-14-19)34-27(36)24-23(20-5-3-4-6-21(20)40-2)26-29(41-25(24)28(34)37)33(30(38)42-26)15-22(35)32-17-9-7-16(31)8-10-17/h3-14,23-25H,15H2,1-2H3,(H,32,35)/t23-,24-,25+/m0/s1. The second-order valence-corrected chi connectivity index (χ2v) is 12.2. The molecule has 9 nitrogen and oxygen atoms in total. The van der Waals surface area contributed by atoms with Gasteiger partial charge in [-0.05, 0) is 54.6 Å². The number of carbonyl (C=O) groups excluding carboxylic acids is 3. The zero-order valence-electron chi connectivity index (χ0n) is 22.4. The average Bonchev–Trinajstić information content (AvgIpc) is 3.44. The zero-order valence-corrected chi connectivity index (χ0v) is 24.8. The van der Waals surface area contributed by atoms with Gasteiger partial charge >= 0.3 is 4.87 Å². The van der Waals surface area contributed by atoms with E-state index in [1.807, 2.05) is 18.2 Å². The summed E-state index contributed by atoms with van der Waals surface area (Å²) in [7, 11) is 3.08. The summed E-state index contributed by atoms with van der Waals surface area (Å²) >= 11 is 8.08. The molecule has 42 heavy (non-hydrogen) atoms. The number of thioether (sulfide) groups is 1. The number of aromatic nitrogens is 1. The van der Waals surface area contributed by atoms with Crippen LogP contribution in [-0.2, 0) is 20.9 Å². The van der Waals surface area contributed by atoms with E-state index in [2.05, 4.69) is 5.32 Å². The molecule has 3 atom stereocenters. The van der Waals surface area contributed by atoms with Crippen molar-refractivity contribution < 1.29 is 23.9 Å². The third-order valence-electron chi connectivity index (χ3n) is 7.28. The number of nitrogens with zero attached hydrogens (tertiary/aromatic N) is 2. The predicted molar refractivity (Wildman–Crippen MR) is 162 cm³/mol. The molecular formula is C30H24ClN3O6S2. The van der Waals surface area contributed by atoms with E-state index < -0.39 is 23.0 Å². The fourth-order valence-electron chi connectivity index (χ4n) is 5.38. The second kappa shape index (κ2) is 11.3. The Labute approximate surface area is 254 Å². The minimum absolute atomic E-state index is 0.263. The Hall–Kier alpha value is -4.06. The number of rotatable bonds is 7. The molecule has 6 rings (SSSR count). The number of hydrogen-bond acceptors (Lipinski definition) is 8. The number of benzene rings is 3. The summed E-state index contributed by atoms with van der Waals surface area (Å²) in [4.78, 5) is 55.8. The highest BCUT2D eigenvalue weighted by molar-refractivity contribution is 8.00. The second-order valence-electron chi connectivity index (χ2n) is 9.67. The molecule has 3 amide bonds. The van der Waals surface area contributed by atoms with Gasteiger partial charge in [0.25, 0.3) is 0 Å². The molecule has 0 saturated carbocycles. The Morgan fingerprint density at radius 3 is 2.33 bits per heavy atom. The predicted octanol–water partition coefficient (Wildman–Crippen LogP) is 5.01. The molecule has 0 aliphatic carbocycles. The Kier molecular flexibility index (Phi) is 7.56. The van der Waals surface area contributed by atoms with Gasteiger partial charge in [-0.1, -0.05) is 52.9 Å². The zero-order chi connectivity index (χ0) is 29.5. The van der Waals surface area contributed by atoms with Crippen molar-refractivity contribution in [2.75, 3.05) is 24.4 Å². The van der Waals surface area contributed by atoms with Crippen molar-refractivity contribution in [3.63, 3.8) is 0 Å². The van der Waals surface area contributed by atoms with Gasteiger partial charge in [0.15, 0.2) is 0 Å². The number of amides is 3. The van der Waals surface area contributed by atoms with Crippen LogP contribution in [0.4, 0.5) is 11.4 Å². The van der Waals surface area contributed by atoms with Crippen molar-refractivity contribution in [2.45, 2.75) is 22.7 Å². The molecule has 0 spiro atoms. The molecule has 0 unspecified atom stereocenters. The van der Waals surface area contributed by atoms with Crippen molar-refractivity contribution in [1.29, 1.82) is 0 Å². The van der Waals surface area contributed by atoms with Gasteiger partial charge in [-0.25, -0.2) is 4.90 Å². The van der Waals surface area contributed by atoms with Gasteiger partial charge in [-0.2, -0.15) is 0 Å². The number of carbonyl (C=O) groups is 3. The number of ether oxygens (including phenoxy) is 2. The molecule has 12 heteroatoms. The van der Waals surface area contributed by atoms with Gasteiger partial charge in [0.2, 0.25) is 17.7 Å². The number of hydrogen-bond donors (Lipinski definition) is 1. The Morgan fingerprint density at radius 2 is 1.64 bits per heavy atom. The lowest BCUT2D eigenvalue weighted by molar-refractivity contribution is -0.122. The molecule has 2 aliphatic rings. The highest BCUT2D eigenvalue weighted by atomic mass is 35.5. The number of para-hydroxylation sites is 1. The van der Waals surface area contributed by atoms with Crippen LogP contribution in [0, 0.1) is 5.92 Å². The largest absolute Gasteiger partial charge is 0.497 e. The molecular weight excluding hydrogens is 598 g/mol. The molecule has 214 valence electrons. The van der Waals surface area contributed by atoms with Gasteiger partial charge in [0.1, 0.15) is 23.3 Å². The molecule has 2 aliphatic heterocycles. The van der Waals surface area contributed by atoms with Gasteiger partial charge in [0.05, 0.1) is 30.9 Å². The number of fused-ring (bicyclic) bond motifs is 2. The van der Waals surface area contributed by atoms with Crippen LogP contribution in [-0.4, -0.2) is 41.8 Å². The quantitative estimate of drug-likeness (QED) is 0.289. The van der Waals surface area contributed by atoms with E-state index >= 15 is 0 Å². The van der Waals surface area contributed by atoms with Crippen molar-refractivity contribution >= 4 is 63.8 Å². The first-order valence-electron chi connectivity index (χ1n) is 12.9. The first kappa shape index (κ1) is 28.1. The Balaban J connectivity index is 1.42. The molecule has 4 aromatic rings. The third kappa shape index (κ3) is 4.87. The fourth-order valence-corrected chi connectivity index (χ4v) is 8.27. The lowest BCUT2D eigenvalue weighted by atomic mass is 9.82. The molecule has 0 bridgehead atoms. The molecule has 1 N–H and O–H groups in total. The molecule has 1 saturated heterocycles. The van der Waals surface area contributed by atoms with Crippen LogP contribution in [0.25, 0.3) is 0 Å². The van der Waals surface area contributed by atoms with E-state index in [1.165, 1.54) is 23.7 Å². The molecule has 3 heterocycles. The molecule has 3 aromatic carbocycles. The van der Waals surface area contributed by atoms with Crippen LogP contribution in [0.5, 0.6) is 11.5 Å². The van der Waals surface area contributed by atoms with Crippen LogP contribution < -0.4 is 24.6 Å². The molecule has 1 fully saturated rings. The first-order chi connectivity index (χ1) is 20.3. The molecule has 1 aromatic heterocycles. The monoisotopic (exact) mass is 621 g/mol. The fraction of sp³-hybridized carbons (Fsp3) is 0.200. The summed E-state index contributed by atoms with van der Waals surface area (Å²) in [5, 5.41) is 2.99. The lowest BCUT2D eigenvalue weighted by Gasteiger charge is -2.31. The summed E-state index contributed by atoms with van der Waals surface area (Å²) in [5.41, 5.74) is 1.66. The van der Waals surface area contributed by atoms with Crippen LogP contribution in [0.2, 0.25) is 5.02 Å². The van der Waals surface area contributed by atoms with E-state index in [0.29, 0.717) is 43.4 Å². The number of thiazole rings is 1. The van der Waals surface area contributed by atoms with Crippen LogP contribution in [0.1, 0.15) is 16.4 Å². The number of nitrogens with one attached hydrogen (secondary N) is 1. The van der Waals surface area contributed by atoms with Crippen LogP contribution in [0.3, 0.4) is 0 Å². The highest BCUT2D eigenvalue weighted by Gasteiger charge is 2.57. The van der Waals surface area contributed by atoms with Gasteiger partial charge in [-0.3, -0.25) is 23.7 Å². The number of halogens is 1. The summed E-state index contributed by atoms with van der Waals surface area (Å²) in [6, 6.07) is 20.6. The maximum atomic E-state index is 14.1. The maximum absolute atomic E-state index is 14.1. The van der Waals surface area contributed by atoms with E-state index in [9.17, 15) is 19.2 Å². The van der Waals surface area contributed by atoms with Crippen molar-refractivity contribution in [3.05, 3.63) is 97.9 Å². The highest BCUT2D eigenvalue weighted by Crippen LogP contribution is 2.55. The van der Waals surface area contributed by atoms with E-state index in [1.54, 1.807) is 54.6 Å². The van der Waals surface area contributed by atoms with Gasteiger partial charge in [0, 0.05) is 27.1 Å². The Bertz CT molecular complexity index is 1750. The van der Waals surface area contributed by atoms with Crippen LogP contribution in [0.15, 0.2) is 82.6 Å². The lowest BCUT2D eigenvalue weighted by Crippen LogP contribution is -2.33. The summed E-state index contributed by atoms with van der Waals surface area (Å²) < 4.78 is 12.3. The first-order valence-corrected chi connectivity index (χ1v) is 15.0. The maximum Gasteiger partial charge on any atom is 0.308 e. The minimum atomic E-state index is -0.818. The topological polar surface area (TPSA) is 107 Å². The van der Waals surface area contributed by atoms with Crippen LogP contribution >= 0.6 is 34.7 Å². The van der Waals surface area contributed by atoms with Gasteiger partial charge < -0.3 is 14.8 Å². The third-order valence-corrected chi connectivity index (χ3v) is 10.1. The summed E-state index contributed by atoms with van der Waals surface area (Å²) in [6.07, 6.45) is 0. The number of methoxy groups -OCH3 is 2. The smallest absolute Gasteiger partial charge is 0.308 e. The normalized spacial score (nSPS) is 19.3. The molecule has 0 radical (unpaired) electrons. The van der Waals surface area contributed by atoms with E-state index in [-0.39, 0.29) is 23.2 Å². The summed E-state index contributed by atoms with van der Waals surface area (Å²) in [6.45, 7) is -0.263. The summed E-state index contributed by atoms with van der Waals surface area (Å²) in [5.74, 6) is -1.46. The Morgan fingerprint density at radius 1 is 0.929 bits per heavy atom. The van der Waals surface area contributed by atoms with E-state index in [4.69, 9.17) is 21.1 Å². The van der Waals surface area contributed by atoms with Gasteiger partial charge in [-0.15, -0.1) is 0 Å². The van der Waals surface area contributed by atoms with Crippen molar-refractivity contribution in [2.24, 2.45) is 5.92 Å². The van der Waals surface area contributed by atoms with Crippen molar-refractivity contribution in [3.8, 4) is 11.5 Å². The number of imide groups is 1. The van der Waals surface area contributed by atoms with Crippen molar-refractivity contribution in [1.82, 2.24) is 4.57 Å². The average molecular weight is 622 g/mol. The van der Waals surface area contributed by atoms with E-state index in [0.717, 1.165) is 23.1 Å². The SMILES string of the molecule is COc1ccc(N2C(=O)[C@H]3[C@H](c4ccccc4OC)c4sc(=O)n(CC(=O)Nc5ccc(Cl)cc5)c4S[C@H]3C2=O)cc1.